The zero-order chi connectivity index (χ0) is 21.0. The SMILES string of the molecule is CC(C)Cc1ccc([C@H](C)C(=O)Nc2ncc(Cc3ccc(Cl)cc3Cl)s2)cc1. The fourth-order valence-corrected chi connectivity index (χ4v) is 4.39. The summed E-state index contributed by atoms with van der Waals surface area (Å²) in [5, 5.41) is 4.77. The van der Waals surface area contributed by atoms with Crippen molar-refractivity contribution in [2.24, 2.45) is 5.92 Å². The lowest BCUT2D eigenvalue weighted by Gasteiger charge is -2.12. The predicted molar refractivity (Wildman–Crippen MR) is 123 cm³/mol. The summed E-state index contributed by atoms with van der Waals surface area (Å²) in [6.45, 7) is 6.31. The largest absolute Gasteiger partial charge is 0.301 e. The second-order valence-corrected chi connectivity index (χ2v) is 9.55. The van der Waals surface area contributed by atoms with E-state index in [9.17, 15) is 4.79 Å². The van der Waals surface area contributed by atoms with Gasteiger partial charge in [0.25, 0.3) is 0 Å². The molecule has 6 heteroatoms. The van der Waals surface area contributed by atoms with Crippen LogP contribution in [0.15, 0.2) is 48.7 Å². The van der Waals surface area contributed by atoms with E-state index in [-0.39, 0.29) is 11.8 Å². The summed E-state index contributed by atoms with van der Waals surface area (Å²) in [5.41, 5.74) is 3.27. The Hall–Kier alpha value is -1.88. The molecule has 0 aliphatic heterocycles. The van der Waals surface area contributed by atoms with Gasteiger partial charge in [0.1, 0.15) is 0 Å². The van der Waals surface area contributed by atoms with Crippen molar-refractivity contribution in [2.75, 3.05) is 5.32 Å². The van der Waals surface area contributed by atoms with Crippen LogP contribution in [0.1, 0.15) is 48.3 Å². The molecule has 0 unspecified atom stereocenters. The summed E-state index contributed by atoms with van der Waals surface area (Å²) >= 11 is 13.7. The number of rotatable bonds is 7. The number of thiazole rings is 1. The highest BCUT2D eigenvalue weighted by atomic mass is 35.5. The Morgan fingerprint density at radius 2 is 1.83 bits per heavy atom. The zero-order valence-corrected chi connectivity index (χ0v) is 19.0. The minimum absolute atomic E-state index is 0.0629. The van der Waals surface area contributed by atoms with Gasteiger partial charge in [0.05, 0.1) is 5.92 Å². The lowest BCUT2D eigenvalue weighted by Crippen LogP contribution is -2.18. The smallest absolute Gasteiger partial charge is 0.233 e. The molecule has 2 aromatic carbocycles. The topological polar surface area (TPSA) is 42.0 Å². The number of amides is 1. The van der Waals surface area contributed by atoms with Crippen molar-refractivity contribution in [1.82, 2.24) is 4.98 Å². The Morgan fingerprint density at radius 1 is 1.10 bits per heavy atom. The molecule has 0 spiro atoms. The van der Waals surface area contributed by atoms with Crippen molar-refractivity contribution < 1.29 is 4.79 Å². The number of carbonyl (C=O) groups is 1. The van der Waals surface area contributed by atoms with Gasteiger partial charge in [0.15, 0.2) is 5.13 Å². The van der Waals surface area contributed by atoms with Gasteiger partial charge in [-0.15, -0.1) is 11.3 Å². The highest BCUT2D eigenvalue weighted by Crippen LogP contribution is 2.27. The van der Waals surface area contributed by atoms with Gasteiger partial charge in [-0.1, -0.05) is 67.4 Å². The Labute approximate surface area is 186 Å². The summed E-state index contributed by atoms with van der Waals surface area (Å²) in [5.74, 6) is 0.302. The second-order valence-electron chi connectivity index (χ2n) is 7.59. The molecule has 1 aromatic heterocycles. The minimum Gasteiger partial charge on any atom is -0.301 e. The van der Waals surface area contributed by atoms with E-state index in [1.165, 1.54) is 16.9 Å². The molecule has 0 bridgehead atoms. The van der Waals surface area contributed by atoms with Crippen LogP contribution in [0.5, 0.6) is 0 Å². The van der Waals surface area contributed by atoms with E-state index >= 15 is 0 Å². The maximum Gasteiger partial charge on any atom is 0.233 e. The number of benzene rings is 2. The molecule has 0 aliphatic rings. The highest BCUT2D eigenvalue weighted by Gasteiger charge is 2.17. The van der Waals surface area contributed by atoms with Gasteiger partial charge >= 0.3 is 0 Å². The van der Waals surface area contributed by atoms with Crippen LogP contribution in [-0.4, -0.2) is 10.9 Å². The van der Waals surface area contributed by atoms with Gasteiger partial charge in [-0.2, -0.15) is 0 Å². The first-order chi connectivity index (χ1) is 13.8. The van der Waals surface area contributed by atoms with Gasteiger partial charge in [0, 0.05) is 27.5 Å². The van der Waals surface area contributed by atoms with Gasteiger partial charge in [0.2, 0.25) is 5.91 Å². The maximum absolute atomic E-state index is 12.7. The Balaban J connectivity index is 1.62. The zero-order valence-electron chi connectivity index (χ0n) is 16.7. The molecule has 1 N–H and O–H groups in total. The summed E-state index contributed by atoms with van der Waals surface area (Å²) in [6, 6.07) is 13.8. The summed E-state index contributed by atoms with van der Waals surface area (Å²) in [4.78, 5) is 18.0. The van der Waals surface area contributed by atoms with Crippen molar-refractivity contribution in [3.05, 3.63) is 80.3 Å². The Kier molecular flexibility index (Phi) is 7.33. The van der Waals surface area contributed by atoms with Gasteiger partial charge in [-0.3, -0.25) is 4.79 Å². The molecular weight excluding hydrogens is 423 g/mol. The van der Waals surface area contributed by atoms with E-state index < -0.39 is 0 Å². The summed E-state index contributed by atoms with van der Waals surface area (Å²) in [6.07, 6.45) is 3.47. The van der Waals surface area contributed by atoms with Crippen molar-refractivity contribution in [2.45, 2.75) is 39.5 Å². The third kappa shape index (κ3) is 6.05. The number of aromatic nitrogens is 1. The number of carbonyl (C=O) groups excluding carboxylic acids is 1. The van der Waals surface area contributed by atoms with Crippen molar-refractivity contribution in [1.29, 1.82) is 0 Å². The molecular formula is C23H24Cl2N2OS. The lowest BCUT2D eigenvalue weighted by molar-refractivity contribution is -0.117. The van der Waals surface area contributed by atoms with E-state index in [0.29, 0.717) is 27.5 Å². The maximum atomic E-state index is 12.7. The van der Waals surface area contributed by atoms with Crippen molar-refractivity contribution in [3.8, 4) is 0 Å². The molecule has 152 valence electrons. The normalized spacial score (nSPS) is 12.2. The van der Waals surface area contributed by atoms with Crippen LogP contribution in [-0.2, 0) is 17.6 Å². The second kappa shape index (κ2) is 9.75. The Morgan fingerprint density at radius 3 is 2.48 bits per heavy atom. The molecule has 0 saturated heterocycles. The van der Waals surface area contributed by atoms with E-state index in [1.807, 2.05) is 31.2 Å². The van der Waals surface area contributed by atoms with Gasteiger partial charge < -0.3 is 5.32 Å². The molecule has 3 rings (SSSR count). The van der Waals surface area contributed by atoms with Crippen LogP contribution in [0.2, 0.25) is 10.0 Å². The van der Waals surface area contributed by atoms with Crippen molar-refractivity contribution >= 4 is 45.6 Å². The highest BCUT2D eigenvalue weighted by molar-refractivity contribution is 7.15. The average Bonchev–Trinajstić information content (AvgIpc) is 3.10. The first-order valence-corrected chi connectivity index (χ1v) is 11.2. The fourth-order valence-electron chi connectivity index (χ4n) is 3.08. The van der Waals surface area contributed by atoms with E-state index in [1.54, 1.807) is 12.3 Å². The first-order valence-electron chi connectivity index (χ1n) is 9.60. The van der Waals surface area contributed by atoms with E-state index in [0.717, 1.165) is 22.4 Å². The number of nitrogens with zero attached hydrogens (tertiary/aromatic N) is 1. The molecule has 29 heavy (non-hydrogen) atoms. The Bertz CT molecular complexity index is 983. The first kappa shape index (κ1) is 21.8. The molecule has 1 amide bonds. The van der Waals surface area contributed by atoms with E-state index in [2.05, 4.69) is 36.3 Å². The third-order valence-electron chi connectivity index (χ3n) is 4.68. The van der Waals surface area contributed by atoms with Crippen LogP contribution in [0.3, 0.4) is 0 Å². The lowest BCUT2D eigenvalue weighted by atomic mass is 9.96. The number of hydrogen-bond acceptors (Lipinski definition) is 3. The van der Waals surface area contributed by atoms with Crippen molar-refractivity contribution in [3.63, 3.8) is 0 Å². The van der Waals surface area contributed by atoms with Gasteiger partial charge in [-0.05, 0) is 48.1 Å². The molecule has 0 aliphatic carbocycles. The number of halogens is 2. The van der Waals surface area contributed by atoms with E-state index in [4.69, 9.17) is 23.2 Å². The molecule has 1 heterocycles. The quantitative estimate of drug-likeness (QED) is 0.425. The summed E-state index contributed by atoms with van der Waals surface area (Å²) in [7, 11) is 0. The minimum atomic E-state index is -0.249. The number of anilines is 1. The van der Waals surface area contributed by atoms with Gasteiger partial charge in [-0.25, -0.2) is 4.98 Å². The molecule has 0 saturated carbocycles. The number of hydrogen-bond donors (Lipinski definition) is 1. The standard InChI is InChI=1S/C23H24Cl2N2OS/c1-14(2)10-16-4-6-17(7-5-16)15(3)22(28)27-23-26-13-20(29-23)11-18-8-9-19(24)12-21(18)25/h4-9,12-15H,10-11H2,1-3H3,(H,26,27,28)/t15-/m0/s1. The molecule has 1 atom stereocenters. The van der Waals surface area contributed by atoms with Crippen LogP contribution in [0.25, 0.3) is 0 Å². The van der Waals surface area contributed by atoms with Crippen LogP contribution in [0.4, 0.5) is 5.13 Å². The van der Waals surface area contributed by atoms with Crippen LogP contribution in [0, 0.1) is 5.92 Å². The molecule has 0 fully saturated rings. The average molecular weight is 447 g/mol. The molecule has 0 radical (unpaired) electrons. The van der Waals surface area contributed by atoms with Crippen LogP contribution < -0.4 is 5.32 Å². The number of nitrogens with one attached hydrogen (secondary N) is 1. The third-order valence-corrected chi connectivity index (χ3v) is 6.18. The fraction of sp³-hybridized carbons (Fsp3) is 0.304. The predicted octanol–water partition coefficient (Wildman–Crippen LogP) is 6.98. The molecule has 3 aromatic rings. The molecule has 3 nitrogen and oxygen atoms in total. The van der Waals surface area contributed by atoms with Crippen LogP contribution >= 0.6 is 34.5 Å². The summed E-state index contributed by atoms with van der Waals surface area (Å²) < 4.78 is 0. The monoisotopic (exact) mass is 446 g/mol.